The molecule has 4 rings (SSSR count). The van der Waals surface area contributed by atoms with Crippen LogP contribution in [0.5, 0.6) is 5.75 Å². The summed E-state index contributed by atoms with van der Waals surface area (Å²) in [6, 6.07) is 7.50. The lowest BCUT2D eigenvalue weighted by Gasteiger charge is -2.34. The highest BCUT2D eigenvalue weighted by Crippen LogP contribution is 2.30. The Bertz CT molecular complexity index is 705. The number of ether oxygens (including phenoxy) is 1. The number of piperidine rings is 1. The van der Waals surface area contributed by atoms with Gasteiger partial charge in [-0.25, -0.2) is 9.97 Å². The lowest BCUT2D eigenvalue weighted by molar-refractivity contribution is 0.411. The molecule has 1 aliphatic heterocycles. The Morgan fingerprint density at radius 3 is 2.52 bits per heavy atom. The van der Waals surface area contributed by atoms with E-state index >= 15 is 0 Å². The average Bonchev–Trinajstić information content (AvgIpc) is 3.38. The smallest absolute Gasteiger partial charge is 0.140 e. The van der Waals surface area contributed by atoms with Crippen molar-refractivity contribution < 1.29 is 4.74 Å². The van der Waals surface area contributed by atoms with E-state index in [1.165, 1.54) is 25.7 Å². The molecule has 23 heavy (non-hydrogen) atoms. The zero-order valence-electron chi connectivity index (χ0n) is 13.9. The number of anilines is 1. The van der Waals surface area contributed by atoms with E-state index < -0.39 is 0 Å². The van der Waals surface area contributed by atoms with Crippen LogP contribution in [0.25, 0.3) is 10.9 Å². The van der Waals surface area contributed by atoms with Crippen molar-refractivity contribution in [3.63, 3.8) is 0 Å². The third-order valence-electron chi connectivity index (χ3n) is 4.84. The minimum Gasteiger partial charge on any atom is -0.497 e. The van der Waals surface area contributed by atoms with E-state index in [-0.39, 0.29) is 0 Å². The van der Waals surface area contributed by atoms with Gasteiger partial charge >= 0.3 is 0 Å². The van der Waals surface area contributed by atoms with Gasteiger partial charge in [-0.3, -0.25) is 0 Å². The molecule has 0 amide bonds. The molecular formula is C18H24N4O. The van der Waals surface area contributed by atoms with Gasteiger partial charge in [-0.1, -0.05) is 0 Å². The van der Waals surface area contributed by atoms with Gasteiger partial charge in [-0.05, 0) is 50.8 Å². The first-order chi connectivity index (χ1) is 11.2. The van der Waals surface area contributed by atoms with Crippen LogP contribution in [0.1, 0.15) is 31.5 Å². The first kappa shape index (κ1) is 14.7. The SMILES string of the molecule is COc1ccc2nc(C)nc(N3CCC(NC4CC4)CC3)c2c1. The number of fused-ring (bicyclic) bond motifs is 1. The van der Waals surface area contributed by atoms with Crippen molar-refractivity contribution in [2.75, 3.05) is 25.1 Å². The summed E-state index contributed by atoms with van der Waals surface area (Å²) in [6.07, 6.45) is 5.08. The highest BCUT2D eigenvalue weighted by atomic mass is 16.5. The van der Waals surface area contributed by atoms with Gasteiger partial charge < -0.3 is 15.0 Å². The predicted octanol–water partition coefficient (Wildman–Crippen LogP) is 2.67. The van der Waals surface area contributed by atoms with E-state index in [1.807, 2.05) is 19.1 Å². The number of aryl methyl sites for hydroxylation is 1. The Labute approximate surface area is 137 Å². The van der Waals surface area contributed by atoms with Gasteiger partial charge in [0, 0.05) is 30.6 Å². The van der Waals surface area contributed by atoms with Crippen molar-refractivity contribution in [3.05, 3.63) is 24.0 Å². The summed E-state index contributed by atoms with van der Waals surface area (Å²) in [6.45, 7) is 4.06. The maximum Gasteiger partial charge on any atom is 0.140 e. The maximum absolute atomic E-state index is 5.38. The quantitative estimate of drug-likeness (QED) is 0.940. The van der Waals surface area contributed by atoms with Crippen LogP contribution in [0.15, 0.2) is 18.2 Å². The lowest BCUT2D eigenvalue weighted by Crippen LogP contribution is -2.43. The van der Waals surface area contributed by atoms with Crippen molar-refractivity contribution in [3.8, 4) is 5.75 Å². The first-order valence-electron chi connectivity index (χ1n) is 8.56. The van der Waals surface area contributed by atoms with Crippen LogP contribution in [0.4, 0.5) is 5.82 Å². The zero-order chi connectivity index (χ0) is 15.8. The molecule has 2 aromatic rings. The van der Waals surface area contributed by atoms with Crippen LogP contribution in [-0.4, -0.2) is 42.3 Å². The summed E-state index contributed by atoms with van der Waals surface area (Å²) in [5, 5.41) is 4.84. The molecule has 2 fully saturated rings. The number of hydrogen-bond acceptors (Lipinski definition) is 5. The standard InChI is InChI=1S/C18H24N4O/c1-12-19-17-6-5-15(23-2)11-16(17)18(20-12)22-9-7-14(8-10-22)21-13-3-4-13/h5-6,11,13-14,21H,3-4,7-10H2,1-2H3. The summed E-state index contributed by atoms with van der Waals surface area (Å²) in [5.74, 6) is 2.74. The molecule has 122 valence electrons. The van der Waals surface area contributed by atoms with Crippen molar-refractivity contribution in [2.24, 2.45) is 0 Å². The number of aromatic nitrogens is 2. The Morgan fingerprint density at radius 1 is 1.09 bits per heavy atom. The summed E-state index contributed by atoms with van der Waals surface area (Å²) < 4.78 is 5.38. The third-order valence-corrected chi connectivity index (χ3v) is 4.84. The fourth-order valence-corrected chi connectivity index (χ4v) is 3.41. The van der Waals surface area contributed by atoms with Gasteiger partial charge in [0.1, 0.15) is 17.4 Å². The molecule has 0 unspecified atom stereocenters. The molecule has 1 aromatic carbocycles. The Balaban J connectivity index is 1.60. The number of hydrogen-bond donors (Lipinski definition) is 1. The van der Waals surface area contributed by atoms with Crippen LogP contribution < -0.4 is 15.0 Å². The number of benzene rings is 1. The van der Waals surface area contributed by atoms with Gasteiger partial charge in [-0.15, -0.1) is 0 Å². The number of methoxy groups -OCH3 is 1. The van der Waals surface area contributed by atoms with Crippen LogP contribution in [0.2, 0.25) is 0 Å². The summed E-state index contributed by atoms with van der Waals surface area (Å²) in [4.78, 5) is 11.7. The molecule has 0 bridgehead atoms. The number of rotatable bonds is 4. The molecular weight excluding hydrogens is 288 g/mol. The molecule has 5 heteroatoms. The van der Waals surface area contributed by atoms with Crippen molar-refractivity contribution in [1.29, 1.82) is 0 Å². The number of nitrogens with zero attached hydrogens (tertiary/aromatic N) is 3. The molecule has 1 aromatic heterocycles. The average molecular weight is 312 g/mol. The van der Waals surface area contributed by atoms with Crippen molar-refractivity contribution in [1.82, 2.24) is 15.3 Å². The highest BCUT2D eigenvalue weighted by molar-refractivity contribution is 5.90. The Hall–Kier alpha value is -1.88. The fourth-order valence-electron chi connectivity index (χ4n) is 3.41. The van der Waals surface area contributed by atoms with Gasteiger partial charge in [0.25, 0.3) is 0 Å². The second kappa shape index (κ2) is 5.96. The van der Waals surface area contributed by atoms with E-state index in [4.69, 9.17) is 9.72 Å². The van der Waals surface area contributed by atoms with E-state index in [0.29, 0.717) is 6.04 Å². The van der Waals surface area contributed by atoms with Gasteiger partial charge in [-0.2, -0.15) is 0 Å². The minimum absolute atomic E-state index is 0.669. The molecule has 1 saturated heterocycles. The van der Waals surface area contributed by atoms with E-state index in [0.717, 1.165) is 47.4 Å². The predicted molar refractivity (Wildman–Crippen MR) is 92.2 cm³/mol. The topological polar surface area (TPSA) is 50.3 Å². The van der Waals surface area contributed by atoms with E-state index in [1.54, 1.807) is 7.11 Å². The molecule has 1 N–H and O–H groups in total. The molecule has 5 nitrogen and oxygen atoms in total. The summed E-state index contributed by atoms with van der Waals surface area (Å²) in [7, 11) is 1.70. The normalized spacial score (nSPS) is 19.3. The van der Waals surface area contributed by atoms with Crippen molar-refractivity contribution >= 4 is 16.7 Å². The maximum atomic E-state index is 5.38. The van der Waals surface area contributed by atoms with Crippen LogP contribution >= 0.6 is 0 Å². The highest BCUT2D eigenvalue weighted by Gasteiger charge is 2.28. The number of nitrogens with one attached hydrogen (secondary N) is 1. The molecule has 0 spiro atoms. The Morgan fingerprint density at radius 2 is 1.83 bits per heavy atom. The summed E-state index contributed by atoms with van der Waals surface area (Å²) >= 11 is 0. The summed E-state index contributed by atoms with van der Waals surface area (Å²) in [5.41, 5.74) is 0.992. The fraction of sp³-hybridized carbons (Fsp3) is 0.556. The van der Waals surface area contributed by atoms with Gasteiger partial charge in [0.05, 0.1) is 12.6 Å². The van der Waals surface area contributed by atoms with Crippen molar-refractivity contribution in [2.45, 2.75) is 44.7 Å². The van der Waals surface area contributed by atoms with Crippen LogP contribution in [0.3, 0.4) is 0 Å². The molecule has 1 saturated carbocycles. The van der Waals surface area contributed by atoms with E-state index in [9.17, 15) is 0 Å². The van der Waals surface area contributed by atoms with Crippen LogP contribution in [-0.2, 0) is 0 Å². The third kappa shape index (κ3) is 3.11. The largest absolute Gasteiger partial charge is 0.497 e. The molecule has 2 aliphatic rings. The lowest BCUT2D eigenvalue weighted by atomic mass is 10.0. The van der Waals surface area contributed by atoms with E-state index in [2.05, 4.69) is 21.3 Å². The molecule has 1 aliphatic carbocycles. The van der Waals surface area contributed by atoms with Gasteiger partial charge in [0.15, 0.2) is 0 Å². The molecule has 0 atom stereocenters. The second-order valence-corrected chi connectivity index (χ2v) is 6.68. The van der Waals surface area contributed by atoms with Crippen LogP contribution in [0, 0.1) is 6.92 Å². The minimum atomic E-state index is 0.669. The molecule has 0 radical (unpaired) electrons. The second-order valence-electron chi connectivity index (χ2n) is 6.68. The first-order valence-corrected chi connectivity index (χ1v) is 8.56. The monoisotopic (exact) mass is 312 g/mol. The zero-order valence-corrected chi connectivity index (χ0v) is 13.9. The molecule has 2 heterocycles. The Kier molecular flexibility index (Phi) is 3.81. The van der Waals surface area contributed by atoms with Gasteiger partial charge in [0.2, 0.25) is 0 Å².